The van der Waals surface area contributed by atoms with E-state index in [1.807, 2.05) is 0 Å². The van der Waals surface area contributed by atoms with Gasteiger partial charge in [-0.15, -0.1) is 11.6 Å². The first kappa shape index (κ1) is 13.4. The van der Waals surface area contributed by atoms with Gasteiger partial charge in [-0.05, 0) is 25.1 Å². The summed E-state index contributed by atoms with van der Waals surface area (Å²) < 4.78 is 29.0. The van der Waals surface area contributed by atoms with Crippen LogP contribution in [-0.2, 0) is 0 Å². The van der Waals surface area contributed by atoms with Crippen molar-refractivity contribution in [2.24, 2.45) is 0 Å². The average Bonchev–Trinajstić information content (AvgIpc) is 2.15. The molecule has 0 aliphatic rings. The molecule has 0 saturated heterocycles. The number of ketones is 1. The Morgan fingerprint density at radius 2 is 2.12 bits per heavy atom. The van der Waals surface area contributed by atoms with E-state index in [1.54, 1.807) is 6.07 Å². The fourth-order valence-corrected chi connectivity index (χ4v) is 1.57. The van der Waals surface area contributed by atoms with Crippen molar-refractivity contribution >= 4 is 33.3 Å². The Labute approximate surface area is 105 Å². The molecule has 0 amide bonds. The van der Waals surface area contributed by atoms with E-state index in [4.69, 9.17) is 11.6 Å². The van der Waals surface area contributed by atoms with Crippen molar-refractivity contribution in [2.75, 3.05) is 0 Å². The molecule has 16 heavy (non-hydrogen) atoms. The third kappa shape index (κ3) is 3.42. The van der Waals surface area contributed by atoms with Gasteiger partial charge in [0.15, 0.2) is 5.78 Å². The van der Waals surface area contributed by atoms with Gasteiger partial charge in [-0.1, -0.05) is 15.9 Å². The van der Waals surface area contributed by atoms with Crippen molar-refractivity contribution in [3.8, 4) is 5.75 Å². The SMILES string of the molecule is CC(Cl)C(=O)c1ccc(Br)cc1OC(F)F. The Morgan fingerprint density at radius 1 is 1.50 bits per heavy atom. The number of ether oxygens (including phenoxy) is 1. The van der Waals surface area contributed by atoms with Crippen LogP contribution in [0.3, 0.4) is 0 Å². The number of rotatable bonds is 4. The number of carbonyl (C=O) groups is 1. The van der Waals surface area contributed by atoms with Crippen molar-refractivity contribution in [1.82, 2.24) is 0 Å². The maximum Gasteiger partial charge on any atom is 0.387 e. The minimum atomic E-state index is -2.98. The third-order valence-corrected chi connectivity index (χ3v) is 2.48. The third-order valence-electron chi connectivity index (χ3n) is 1.79. The first-order valence-electron chi connectivity index (χ1n) is 4.34. The van der Waals surface area contributed by atoms with E-state index in [0.717, 1.165) is 0 Å². The summed E-state index contributed by atoms with van der Waals surface area (Å²) in [6.07, 6.45) is 0. The normalized spacial score (nSPS) is 12.6. The number of halogens is 4. The van der Waals surface area contributed by atoms with E-state index < -0.39 is 17.8 Å². The number of benzene rings is 1. The van der Waals surface area contributed by atoms with Gasteiger partial charge >= 0.3 is 6.61 Å². The molecule has 0 fully saturated rings. The Bertz CT molecular complexity index is 396. The van der Waals surface area contributed by atoms with Crippen molar-refractivity contribution in [3.05, 3.63) is 28.2 Å². The van der Waals surface area contributed by atoms with Gasteiger partial charge in [0.05, 0.1) is 10.9 Å². The monoisotopic (exact) mass is 312 g/mol. The zero-order valence-electron chi connectivity index (χ0n) is 8.22. The summed E-state index contributed by atoms with van der Waals surface area (Å²) in [7, 11) is 0. The van der Waals surface area contributed by atoms with E-state index >= 15 is 0 Å². The van der Waals surface area contributed by atoms with Gasteiger partial charge in [-0.3, -0.25) is 4.79 Å². The fraction of sp³-hybridized carbons (Fsp3) is 0.300. The number of alkyl halides is 3. The highest BCUT2D eigenvalue weighted by Gasteiger charge is 2.19. The number of Topliss-reactive ketones (excluding diaryl/α,β-unsaturated/α-hetero) is 1. The second-order valence-corrected chi connectivity index (χ2v) is 4.57. The fourth-order valence-electron chi connectivity index (χ4n) is 1.11. The summed E-state index contributed by atoms with van der Waals surface area (Å²) in [5.41, 5.74) is 0.0472. The molecule has 2 nitrogen and oxygen atoms in total. The van der Waals surface area contributed by atoms with Crippen molar-refractivity contribution in [2.45, 2.75) is 18.9 Å². The van der Waals surface area contributed by atoms with E-state index in [2.05, 4.69) is 20.7 Å². The highest BCUT2D eigenvalue weighted by molar-refractivity contribution is 9.10. The summed E-state index contributed by atoms with van der Waals surface area (Å²) in [4.78, 5) is 11.6. The van der Waals surface area contributed by atoms with E-state index in [0.29, 0.717) is 4.47 Å². The number of hydrogen-bond donors (Lipinski definition) is 0. The molecule has 0 radical (unpaired) electrons. The Hall–Kier alpha value is -0.680. The van der Waals surface area contributed by atoms with Gasteiger partial charge < -0.3 is 4.74 Å². The molecule has 0 spiro atoms. The lowest BCUT2D eigenvalue weighted by atomic mass is 10.1. The lowest BCUT2D eigenvalue weighted by Crippen LogP contribution is -2.14. The lowest BCUT2D eigenvalue weighted by Gasteiger charge is -2.11. The van der Waals surface area contributed by atoms with Crippen molar-refractivity contribution < 1.29 is 18.3 Å². The minimum absolute atomic E-state index is 0.0472. The molecule has 0 aromatic heterocycles. The Kier molecular flexibility index (Phi) is 4.68. The van der Waals surface area contributed by atoms with Gasteiger partial charge in [0, 0.05) is 4.47 Å². The molecule has 0 aliphatic carbocycles. The van der Waals surface area contributed by atoms with Crippen LogP contribution < -0.4 is 4.74 Å². The lowest BCUT2D eigenvalue weighted by molar-refractivity contribution is -0.0501. The molecular weight excluding hydrogens is 305 g/mol. The van der Waals surface area contributed by atoms with Crippen LogP contribution in [0.2, 0.25) is 0 Å². The van der Waals surface area contributed by atoms with Crippen LogP contribution in [0.5, 0.6) is 5.75 Å². The van der Waals surface area contributed by atoms with Crippen LogP contribution in [0.25, 0.3) is 0 Å². The van der Waals surface area contributed by atoms with E-state index in [-0.39, 0.29) is 11.3 Å². The molecule has 1 rings (SSSR count). The zero-order chi connectivity index (χ0) is 12.3. The molecule has 1 atom stereocenters. The molecule has 0 saturated carbocycles. The van der Waals surface area contributed by atoms with Crippen LogP contribution in [0, 0.1) is 0 Å². The topological polar surface area (TPSA) is 26.3 Å². The second-order valence-electron chi connectivity index (χ2n) is 3.00. The molecule has 1 aromatic rings. The molecule has 1 aromatic carbocycles. The molecule has 88 valence electrons. The zero-order valence-corrected chi connectivity index (χ0v) is 10.6. The summed E-state index contributed by atoms with van der Waals surface area (Å²) in [6.45, 7) is -1.51. The van der Waals surface area contributed by atoms with Crippen LogP contribution in [0.4, 0.5) is 8.78 Å². The minimum Gasteiger partial charge on any atom is -0.434 e. The first-order valence-corrected chi connectivity index (χ1v) is 5.57. The van der Waals surface area contributed by atoms with E-state index in [1.165, 1.54) is 19.1 Å². The summed E-state index contributed by atoms with van der Waals surface area (Å²) in [6, 6.07) is 4.26. The van der Waals surface area contributed by atoms with Gasteiger partial charge in [-0.25, -0.2) is 0 Å². The molecular formula is C10H8BrClF2O2. The first-order chi connectivity index (χ1) is 7.41. The second kappa shape index (κ2) is 5.59. The molecule has 6 heteroatoms. The van der Waals surface area contributed by atoms with E-state index in [9.17, 15) is 13.6 Å². The van der Waals surface area contributed by atoms with Gasteiger partial charge in [0.1, 0.15) is 5.75 Å². The standard InChI is InChI=1S/C10H8BrClF2O2/c1-5(12)9(15)7-3-2-6(11)4-8(7)16-10(13)14/h2-5,10H,1H3. The number of carbonyl (C=O) groups excluding carboxylic acids is 1. The van der Waals surface area contributed by atoms with Crippen LogP contribution in [0.15, 0.2) is 22.7 Å². The molecule has 0 aliphatic heterocycles. The summed E-state index contributed by atoms with van der Waals surface area (Å²) in [5, 5.41) is -0.791. The molecule has 1 unspecified atom stereocenters. The Morgan fingerprint density at radius 3 is 2.62 bits per heavy atom. The quantitative estimate of drug-likeness (QED) is 0.623. The van der Waals surface area contributed by atoms with Crippen molar-refractivity contribution in [3.63, 3.8) is 0 Å². The highest BCUT2D eigenvalue weighted by Crippen LogP contribution is 2.27. The molecule has 0 heterocycles. The van der Waals surface area contributed by atoms with Crippen molar-refractivity contribution in [1.29, 1.82) is 0 Å². The van der Waals surface area contributed by atoms with Crippen LogP contribution in [-0.4, -0.2) is 17.8 Å². The predicted molar refractivity (Wildman–Crippen MR) is 60.4 cm³/mol. The molecule has 0 bridgehead atoms. The predicted octanol–water partition coefficient (Wildman–Crippen LogP) is 3.86. The highest BCUT2D eigenvalue weighted by atomic mass is 79.9. The Balaban J connectivity index is 3.12. The number of hydrogen-bond acceptors (Lipinski definition) is 2. The average molecular weight is 314 g/mol. The summed E-state index contributed by atoms with van der Waals surface area (Å²) in [5.74, 6) is -0.633. The van der Waals surface area contributed by atoms with Crippen LogP contribution >= 0.6 is 27.5 Å². The van der Waals surface area contributed by atoms with Gasteiger partial charge in [0.25, 0.3) is 0 Å². The maximum absolute atomic E-state index is 12.1. The van der Waals surface area contributed by atoms with Gasteiger partial charge in [-0.2, -0.15) is 8.78 Å². The smallest absolute Gasteiger partial charge is 0.387 e. The molecule has 0 N–H and O–H groups in total. The summed E-state index contributed by atoms with van der Waals surface area (Å²) >= 11 is 8.71. The van der Waals surface area contributed by atoms with Crippen LogP contribution in [0.1, 0.15) is 17.3 Å². The largest absolute Gasteiger partial charge is 0.434 e. The maximum atomic E-state index is 12.1. The van der Waals surface area contributed by atoms with Gasteiger partial charge in [0.2, 0.25) is 0 Å².